The van der Waals surface area contributed by atoms with Gasteiger partial charge in [0.25, 0.3) is 5.69 Å². The quantitative estimate of drug-likeness (QED) is 0.302. The van der Waals surface area contributed by atoms with Gasteiger partial charge in [-0.2, -0.15) is 0 Å². The molecule has 0 bridgehead atoms. The summed E-state index contributed by atoms with van der Waals surface area (Å²) in [5, 5.41) is 15.0. The molecule has 2 aromatic carbocycles. The Morgan fingerprint density at radius 2 is 1.94 bits per heavy atom. The van der Waals surface area contributed by atoms with Crippen LogP contribution in [0, 0.1) is 10.1 Å². The summed E-state index contributed by atoms with van der Waals surface area (Å²) in [5.74, 6) is -0.351. The molecule has 1 atom stereocenters. The fourth-order valence-electron chi connectivity index (χ4n) is 3.41. The number of nitrogens with one attached hydrogen (secondary N) is 1. The van der Waals surface area contributed by atoms with E-state index < -0.39 is 22.8 Å². The third-order valence-electron chi connectivity index (χ3n) is 4.80. The van der Waals surface area contributed by atoms with Crippen LogP contribution in [0.25, 0.3) is 11.0 Å². The largest absolute Gasteiger partial charge is 0.497 e. The number of esters is 1. The molecule has 1 heterocycles. The lowest BCUT2D eigenvalue weighted by Gasteiger charge is -2.19. The van der Waals surface area contributed by atoms with Gasteiger partial charge in [-0.3, -0.25) is 19.7 Å². The summed E-state index contributed by atoms with van der Waals surface area (Å²) < 4.78 is 15.9. The molecule has 3 rings (SSSR count). The van der Waals surface area contributed by atoms with Crippen molar-refractivity contribution in [2.75, 3.05) is 7.11 Å². The fourth-order valence-corrected chi connectivity index (χ4v) is 3.41. The number of fused-ring (bicyclic) bond motifs is 1. The number of hydrogen-bond acceptors (Lipinski definition) is 7. The van der Waals surface area contributed by atoms with E-state index >= 15 is 0 Å². The average molecular weight is 440 g/mol. The van der Waals surface area contributed by atoms with Gasteiger partial charge in [0.2, 0.25) is 5.91 Å². The van der Waals surface area contributed by atoms with Crippen molar-refractivity contribution in [3.05, 3.63) is 70.0 Å². The molecular weight excluding hydrogens is 416 g/mol. The van der Waals surface area contributed by atoms with Gasteiger partial charge in [-0.15, -0.1) is 0 Å². The maximum atomic E-state index is 12.8. The molecule has 32 heavy (non-hydrogen) atoms. The minimum atomic E-state index is -0.923. The first-order valence-electron chi connectivity index (χ1n) is 10.0. The van der Waals surface area contributed by atoms with E-state index in [2.05, 4.69) is 5.32 Å². The number of nitro groups is 1. The van der Waals surface area contributed by atoms with Crippen molar-refractivity contribution in [3.8, 4) is 5.75 Å². The van der Waals surface area contributed by atoms with E-state index in [0.717, 1.165) is 5.39 Å². The van der Waals surface area contributed by atoms with E-state index in [1.54, 1.807) is 45.2 Å². The van der Waals surface area contributed by atoms with Gasteiger partial charge in [-0.05, 0) is 26.0 Å². The molecule has 1 amide bonds. The number of furan rings is 1. The first kappa shape index (κ1) is 22.8. The maximum Gasteiger partial charge on any atom is 0.308 e. The summed E-state index contributed by atoms with van der Waals surface area (Å²) in [7, 11) is 1.55. The Kier molecular flexibility index (Phi) is 7.09. The van der Waals surface area contributed by atoms with E-state index in [1.165, 1.54) is 24.5 Å². The van der Waals surface area contributed by atoms with Crippen LogP contribution < -0.4 is 10.1 Å². The molecule has 0 aliphatic carbocycles. The van der Waals surface area contributed by atoms with E-state index in [0.29, 0.717) is 16.9 Å². The number of nitro benzene ring substituents is 1. The lowest BCUT2D eigenvalue weighted by atomic mass is 10.0. The molecule has 1 N–H and O–H groups in total. The van der Waals surface area contributed by atoms with E-state index in [1.807, 2.05) is 0 Å². The van der Waals surface area contributed by atoms with Gasteiger partial charge in [0.15, 0.2) is 0 Å². The van der Waals surface area contributed by atoms with Crippen LogP contribution in [0.5, 0.6) is 5.75 Å². The number of rotatable bonds is 9. The van der Waals surface area contributed by atoms with Crippen LogP contribution >= 0.6 is 0 Å². The van der Waals surface area contributed by atoms with Crippen molar-refractivity contribution in [2.24, 2.45) is 0 Å². The molecule has 1 aromatic heterocycles. The highest BCUT2D eigenvalue weighted by molar-refractivity contribution is 5.88. The molecule has 9 nitrogen and oxygen atoms in total. The van der Waals surface area contributed by atoms with Crippen LogP contribution in [0.3, 0.4) is 0 Å². The molecule has 168 valence electrons. The number of nitrogens with zero attached hydrogens (tertiary/aromatic N) is 1. The SMILES string of the molecule is COc1ccc2c(CC(=O)NC(CC(=O)OC(C)C)c3ccccc3[N+](=O)[O-])coc2c1. The highest BCUT2D eigenvalue weighted by Gasteiger charge is 2.27. The van der Waals surface area contributed by atoms with Gasteiger partial charge in [-0.25, -0.2) is 0 Å². The van der Waals surface area contributed by atoms with Gasteiger partial charge in [0.05, 0.1) is 48.8 Å². The van der Waals surface area contributed by atoms with Crippen molar-refractivity contribution >= 4 is 28.5 Å². The third kappa shape index (κ3) is 5.42. The van der Waals surface area contributed by atoms with E-state index in [9.17, 15) is 19.7 Å². The highest BCUT2D eigenvalue weighted by atomic mass is 16.6. The van der Waals surface area contributed by atoms with Crippen molar-refractivity contribution in [1.82, 2.24) is 5.32 Å². The molecule has 0 saturated heterocycles. The molecule has 0 spiro atoms. The minimum absolute atomic E-state index is 0.0321. The van der Waals surface area contributed by atoms with E-state index in [-0.39, 0.29) is 30.2 Å². The lowest BCUT2D eigenvalue weighted by Crippen LogP contribution is -2.32. The Morgan fingerprint density at radius 1 is 1.19 bits per heavy atom. The normalized spacial score (nSPS) is 11.9. The number of carbonyl (C=O) groups excluding carboxylic acids is 2. The molecule has 0 aliphatic heterocycles. The lowest BCUT2D eigenvalue weighted by molar-refractivity contribution is -0.385. The number of ether oxygens (including phenoxy) is 2. The summed E-state index contributed by atoms with van der Waals surface area (Å²) in [6.45, 7) is 3.41. The molecule has 1 unspecified atom stereocenters. The summed E-state index contributed by atoms with van der Waals surface area (Å²) in [5.41, 5.74) is 1.26. The zero-order chi connectivity index (χ0) is 23.3. The second kappa shape index (κ2) is 9.95. The Labute approximate surface area is 184 Å². The number of benzene rings is 2. The molecule has 0 aliphatic rings. The van der Waals surface area contributed by atoms with Gasteiger partial charge >= 0.3 is 5.97 Å². The highest BCUT2D eigenvalue weighted by Crippen LogP contribution is 2.29. The first-order valence-corrected chi connectivity index (χ1v) is 10.0. The third-order valence-corrected chi connectivity index (χ3v) is 4.80. The number of para-hydroxylation sites is 1. The van der Waals surface area contributed by atoms with Gasteiger partial charge < -0.3 is 19.2 Å². The van der Waals surface area contributed by atoms with Crippen LogP contribution in [0.2, 0.25) is 0 Å². The van der Waals surface area contributed by atoms with Crippen LogP contribution in [0.15, 0.2) is 53.1 Å². The van der Waals surface area contributed by atoms with Crippen molar-refractivity contribution < 1.29 is 28.4 Å². The predicted molar refractivity (Wildman–Crippen MR) is 116 cm³/mol. The van der Waals surface area contributed by atoms with Crippen molar-refractivity contribution in [3.63, 3.8) is 0 Å². The first-order chi connectivity index (χ1) is 15.3. The Balaban J connectivity index is 1.83. The van der Waals surface area contributed by atoms with Crippen molar-refractivity contribution in [1.29, 1.82) is 0 Å². The molecule has 0 fully saturated rings. The number of methoxy groups -OCH3 is 1. The second-order valence-electron chi connectivity index (χ2n) is 7.48. The number of amides is 1. The smallest absolute Gasteiger partial charge is 0.308 e. The Morgan fingerprint density at radius 3 is 2.62 bits per heavy atom. The van der Waals surface area contributed by atoms with Gasteiger partial charge in [0.1, 0.15) is 11.3 Å². The zero-order valence-electron chi connectivity index (χ0n) is 18.0. The molecule has 9 heteroatoms. The van der Waals surface area contributed by atoms with E-state index in [4.69, 9.17) is 13.9 Å². The molecular formula is C23H24N2O7. The van der Waals surface area contributed by atoms with Crippen LogP contribution in [-0.4, -0.2) is 30.0 Å². The maximum absolute atomic E-state index is 12.8. The number of carbonyl (C=O) groups is 2. The molecule has 0 saturated carbocycles. The minimum Gasteiger partial charge on any atom is -0.497 e. The van der Waals surface area contributed by atoms with Crippen LogP contribution in [0.4, 0.5) is 5.69 Å². The summed E-state index contributed by atoms with van der Waals surface area (Å²) in [6, 6.07) is 10.3. The Hall–Kier alpha value is -3.88. The predicted octanol–water partition coefficient (Wildman–Crippen LogP) is 4.09. The zero-order valence-corrected chi connectivity index (χ0v) is 18.0. The summed E-state index contributed by atoms with van der Waals surface area (Å²) >= 11 is 0. The molecule has 3 aromatic rings. The van der Waals surface area contributed by atoms with Gasteiger partial charge in [0, 0.05) is 23.1 Å². The monoisotopic (exact) mass is 440 g/mol. The number of hydrogen-bond donors (Lipinski definition) is 1. The van der Waals surface area contributed by atoms with Crippen molar-refractivity contribution in [2.45, 2.75) is 38.8 Å². The average Bonchev–Trinajstić information content (AvgIpc) is 3.14. The van der Waals surface area contributed by atoms with Crippen LogP contribution in [0.1, 0.15) is 37.4 Å². The summed E-state index contributed by atoms with van der Waals surface area (Å²) in [6.07, 6.45) is 0.865. The fraction of sp³-hybridized carbons (Fsp3) is 0.304. The summed E-state index contributed by atoms with van der Waals surface area (Å²) in [4.78, 5) is 36.1. The Bertz CT molecular complexity index is 1140. The second-order valence-corrected chi connectivity index (χ2v) is 7.48. The van der Waals surface area contributed by atoms with Crippen LogP contribution in [-0.2, 0) is 20.7 Å². The topological polar surface area (TPSA) is 121 Å². The van der Waals surface area contributed by atoms with Gasteiger partial charge in [-0.1, -0.05) is 18.2 Å². The standard InChI is InChI=1S/C23H24N2O7/c1-14(2)32-23(27)12-19(18-6-4-5-7-20(18)25(28)29)24-22(26)10-15-13-31-21-11-16(30-3)8-9-17(15)21/h4-9,11,13-14,19H,10,12H2,1-3H3,(H,24,26). The molecule has 0 radical (unpaired) electrons.